The van der Waals surface area contributed by atoms with E-state index >= 15 is 0 Å². The predicted octanol–water partition coefficient (Wildman–Crippen LogP) is 18.4. The van der Waals surface area contributed by atoms with Crippen LogP contribution in [0, 0.1) is 27.7 Å². The lowest BCUT2D eigenvalue weighted by atomic mass is 9.84. The third kappa shape index (κ3) is 5.49. The van der Waals surface area contributed by atoms with Gasteiger partial charge in [0.15, 0.2) is 11.2 Å². The fourth-order valence-corrected chi connectivity index (χ4v) is 12.0. The lowest BCUT2D eigenvalue weighted by Gasteiger charge is -2.33. The molecule has 14 rings (SSSR count). The van der Waals surface area contributed by atoms with Crippen molar-refractivity contribution in [3.05, 3.63) is 215 Å². The van der Waals surface area contributed by atoms with Gasteiger partial charge in [0.25, 0.3) is 0 Å². The van der Waals surface area contributed by atoms with Gasteiger partial charge >= 0.3 is 0 Å². The summed E-state index contributed by atoms with van der Waals surface area (Å²) in [4.78, 5) is 4.99. The molecule has 2 aromatic heterocycles. The van der Waals surface area contributed by atoms with Gasteiger partial charge < -0.3 is 18.6 Å². The monoisotopic (exact) mass is 874 g/mol. The number of nitrogens with zero attached hydrogens (tertiary/aromatic N) is 2. The standard InChI is InChI=1S/C64H46N2O2/c1-37-13-9-14-38(2)61(37)65(53-23-11-21-49-59-45-19-7-5-17-41(45)29-35-55(59)67-63(49)53)51-33-27-43-26-32-48-52(34-28-44-25-31-47(51)57(43)58(44)48)66(62-39(3)15-10-16-40(62)4)54-24-12-22-50-60-46-20-8-6-18-42(46)30-36-56(60)68-64(50)54/h5-25,27-31,33-36H,26,32H2,1-4H3. The van der Waals surface area contributed by atoms with Crippen LogP contribution in [0.3, 0.4) is 0 Å². The summed E-state index contributed by atoms with van der Waals surface area (Å²) in [5.74, 6) is 0. The quantitative estimate of drug-likeness (QED) is 0.156. The largest absolute Gasteiger partial charge is 0.454 e. The van der Waals surface area contributed by atoms with Crippen molar-refractivity contribution < 1.29 is 8.83 Å². The van der Waals surface area contributed by atoms with Crippen LogP contribution < -0.4 is 9.80 Å². The van der Waals surface area contributed by atoms with E-state index < -0.39 is 0 Å². The van der Waals surface area contributed by atoms with Gasteiger partial charge in [-0.2, -0.15) is 0 Å². The number of fused-ring (bicyclic) bond motifs is 10. The minimum absolute atomic E-state index is 0.881. The number of aryl methyl sites for hydroxylation is 6. The molecule has 11 aromatic carbocycles. The third-order valence-corrected chi connectivity index (χ3v) is 15.0. The Balaban J connectivity index is 1.05. The number of para-hydroxylation sites is 4. The zero-order chi connectivity index (χ0) is 45.4. The fraction of sp³-hybridized carbons (Fsp3) is 0.0938. The van der Waals surface area contributed by atoms with Crippen molar-refractivity contribution in [1.29, 1.82) is 0 Å². The molecule has 0 fully saturated rings. The topological polar surface area (TPSA) is 32.8 Å². The molecular weight excluding hydrogens is 829 g/mol. The molecule has 0 atom stereocenters. The van der Waals surface area contributed by atoms with Crippen LogP contribution in [0.1, 0.15) is 33.4 Å². The van der Waals surface area contributed by atoms with Gasteiger partial charge in [0.05, 0.1) is 34.1 Å². The summed E-state index contributed by atoms with van der Waals surface area (Å²) in [5, 5.41) is 14.5. The molecule has 0 N–H and O–H groups in total. The molecule has 0 aliphatic heterocycles. The summed E-state index contributed by atoms with van der Waals surface area (Å²) in [6.07, 6.45) is 1.84. The maximum atomic E-state index is 7.00. The molecule has 0 amide bonds. The van der Waals surface area contributed by atoms with Crippen molar-refractivity contribution in [3.63, 3.8) is 0 Å². The van der Waals surface area contributed by atoms with Gasteiger partial charge in [0, 0.05) is 26.9 Å². The van der Waals surface area contributed by atoms with Crippen molar-refractivity contribution in [2.45, 2.75) is 40.5 Å². The molecule has 0 unspecified atom stereocenters. The van der Waals surface area contributed by atoms with E-state index in [1.165, 1.54) is 93.5 Å². The highest BCUT2D eigenvalue weighted by Gasteiger charge is 2.30. The zero-order valence-electron chi connectivity index (χ0n) is 38.4. The minimum Gasteiger partial charge on any atom is -0.454 e. The van der Waals surface area contributed by atoms with Gasteiger partial charge in [0.1, 0.15) is 11.2 Å². The number of anilines is 6. The number of rotatable bonds is 6. The Kier molecular flexibility index (Phi) is 8.34. The maximum absolute atomic E-state index is 7.00. The van der Waals surface area contributed by atoms with Crippen LogP contribution in [0.4, 0.5) is 34.1 Å². The van der Waals surface area contributed by atoms with Crippen LogP contribution in [0.25, 0.3) is 87.0 Å². The van der Waals surface area contributed by atoms with Crippen LogP contribution in [-0.2, 0) is 12.8 Å². The van der Waals surface area contributed by atoms with Gasteiger partial charge in [-0.15, -0.1) is 0 Å². The highest BCUT2D eigenvalue weighted by atomic mass is 16.3. The third-order valence-electron chi connectivity index (χ3n) is 15.0. The van der Waals surface area contributed by atoms with Crippen molar-refractivity contribution in [2.24, 2.45) is 0 Å². The van der Waals surface area contributed by atoms with Crippen LogP contribution in [0.15, 0.2) is 191 Å². The molecular formula is C64H46N2O2. The molecule has 1 aliphatic carbocycles. The van der Waals surface area contributed by atoms with E-state index in [9.17, 15) is 0 Å². The van der Waals surface area contributed by atoms with Crippen molar-refractivity contribution >= 4 is 121 Å². The predicted molar refractivity (Wildman–Crippen MR) is 287 cm³/mol. The molecule has 13 aromatic rings. The van der Waals surface area contributed by atoms with E-state index in [0.717, 1.165) is 73.8 Å². The van der Waals surface area contributed by atoms with Gasteiger partial charge in [-0.1, -0.05) is 146 Å². The number of benzene rings is 11. The average molecular weight is 875 g/mol. The first-order chi connectivity index (χ1) is 33.4. The second kappa shape index (κ2) is 14.6. The van der Waals surface area contributed by atoms with Crippen molar-refractivity contribution in [3.8, 4) is 0 Å². The van der Waals surface area contributed by atoms with Gasteiger partial charge in [-0.25, -0.2) is 0 Å². The first-order valence-electron chi connectivity index (χ1n) is 23.8. The smallest absolute Gasteiger partial charge is 0.159 e. The fourth-order valence-electron chi connectivity index (χ4n) is 12.0. The number of furan rings is 2. The lowest BCUT2D eigenvalue weighted by molar-refractivity contribution is 0.669. The number of hydrogen-bond donors (Lipinski definition) is 0. The summed E-state index contributed by atoms with van der Waals surface area (Å²) >= 11 is 0. The summed E-state index contributed by atoms with van der Waals surface area (Å²) in [6, 6.07) is 66.6. The number of hydrogen-bond acceptors (Lipinski definition) is 4. The highest BCUT2D eigenvalue weighted by molar-refractivity contribution is 6.24. The maximum Gasteiger partial charge on any atom is 0.159 e. The molecule has 0 saturated carbocycles. The molecule has 4 heteroatoms. The Hall–Kier alpha value is -8.34. The summed E-state index contributed by atoms with van der Waals surface area (Å²) in [7, 11) is 0. The first-order valence-corrected chi connectivity index (χ1v) is 23.8. The zero-order valence-corrected chi connectivity index (χ0v) is 38.4. The van der Waals surface area contributed by atoms with Gasteiger partial charge in [0.2, 0.25) is 0 Å². The van der Waals surface area contributed by atoms with Gasteiger partial charge in [-0.3, -0.25) is 0 Å². The summed E-state index contributed by atoms with van der Waals surface area (Å²) in [5.41, 5.74) is 17.8. The minimum atomic E-state index is 0.881. The van der Waals surface area contributed by atoms with E-state index in [1.54, 1.807) is 0 Å². The summed E-state index contributed by atoms with van der Waals surface area (Å²) in [6.45, 7) is 8.94. The van der Waals surface area contributed by atoms with Crippen LogP contribution in [-0.4, -0.2) is 0 Å². The second-order valence-electron chi connectivity index (χ2n) is 18.9. The van der Waals surface area contributed by atoms with Crippen LogP contribution in [0.2, 0.25) is 0 Å². The van der Waals surface area contributed by atoms with Crippen LogP contribution in [0.5, 0.6) is 0 Å². The molecule has 0 saturated heterocycles. The molecule has 68 heavy (non-hydrogen) atoms. The Morgan fingerprint density at radius 1 is 0.324 bits per heavy atom. The molecule has 4 nitrogen and oxygen atoms in total. The van der Waals surface area contributed by atoms with Crippen molar-refractivity contribution in [1.82, 2.24) is 0 Å². The molecule has 2 heterocycles. The first kappa shape index (κ1) is 38.9. The molecule has 0 radical (unpaired) electrons. The van der Waals surface area contributed by atoms with E-state index in [4.69, 9.17) is 8.83 Å². The summed E-state index contributed by atoms with van der Waals surface area (Å²) < 4.78 is 14.0. The van der Waals surface area contributed by atoms with Crippen LogP contribution >= 0.6 is 0 Å². The Bertz CT molecular complexity index is 4240. The molecule has 1 aliphatic rings. The average Bonchev–Trinajstić information content (AvgIpc) is 3.96. The molecule has 324 valence electrons. The lowest BCUT2D eigenvalue weighted by Crippen LogP contribution is -2.17. The normalized spacial score (nSPS) is 12.6. The van der Waals surface area contributed by atoms with E-state index in [2.05, 4.69) is 219 Å². The highest BCUT2D eigenvalue weighted by Crippen LogP contribution is 2.52. The molecule has 0 bridgehead atoms. The Morgan fingerprint density at radius 3 is 1.37 bits per heavy atom. The van der Waals surface area contributed by atoms with E-state index in [1.807, 2.05) is 0 Å². The Labute approximate surface area is 393 Å². The SMILES string of the molecule is Cc1cccc(C)c1N(c1ccc2ccc3c(N(c4c(C)cccc4C)c4cccc5c4oc4ccc6ccccc6c45)ccc4c3c2c1CC4)c1cccc2c1oc1ccc3ccccc3c12. The molecule has 0 spiro atoms. The van der Waals surface area contributed by atoms with E-state index in [-0.39, 0.29) is 0 Å². The Morgan fingerprint density at radius 2 is 0.794 bits per heavy atom. The second-order valence-corrected chi connectivity index (χ2v) is 18.9. The van der Waals surface area contributed by atoms with Gasteiger partial charge in [-0.05, 0) is 148 Å². The van der Waals surface area contributed by atoms with Crippen molar-refractivity contribution in [2.75, 3.05) is 9.80 Å². The van der Waals surface area contributed by atoms with E-state index in [0.29, 0.717) is 0 Å².